The molecule has 2 aromatic rings. The Kier molecular flexibility index (Phi) is 9.46. The fourth-order valence-corrected chi connectivity index (χ4v) is 5.98. The van der Waals surface area contributed by atoms with Gasteiger partial charge >= 0.3 is 6.09 Å². The maximum Gasteiger partial charge on any atom is 0.424 e. The van der Waals surface area contributed by atoms with Crippen LogP contribution < -0.4 is 21.4 Å². The number of ether oxygens (including phenoxy) is 2. The van der Waals surface area contributed by atoms with Crippen LogP contribution in [-0.4, -0.2) is 74.1 Å². The molecule has 10 nitrogen and oxygen atoms in total. The lowest BCUT2D eigenvalue weighted by atomic mass is 10.0. The second kappa shape index (κ2) is 13.4. The largest absolute Gasteiger partial charge is 0.452 e. The van der Waals surface area contributed by atoms with Crippen molar-refractivity contribution in [2.45, 2.75) is 44.9 Å². The normalized spacial score (nSPS) is 21.5. The zero-order valence-corrected chi connectivity index (χ0v) is 24.7. The molecule has 42 heavy (non-hydrogen) atoms. The number of dihydropyridines is 1. The highest BCUT2D eigenvalue weighted by molar-refractivity contribution is 5.96. The standard InChI is InChI=1S/C32H42N6O4/c1-22(2)30(38(33)32(40)41-3)31(39)35-26-11-6-24(7-12-26)28-5-4-16-37(28)27-13-8-23(9-14-27)25-10-15-29(34-21-25)36-17-19-42-20-18-36/h6-15,21-22,28-30,34H,4-5,16-20,33H2,1-3H3,(H,35,39)/t28-,29?,30-/m0/s1. The molecule has 0 bridgehead atoms. The van der Waals surface area contributed by atoms with Crippen LogP contribution in [0.3, 0.4) is 0 Å². The van der Waals surface area contributed by atoms with E-state index in [-0.39, 0.29) is 24.0 Å². The molecule has 2 aromatic carbocycles. The number of morpholine rings is 1. The third-order valence-electron chi connectivity index (χ3n) is 8.24. The van der Waals surface area contributed by atoms with E-state index in [4.69, 9.17) is 10.6 Å². The number of amides is 2. The molecule has 0 aromatic heterocycles. The van der Waals surface area contributed by atoms with E-state index >= 15 is 0 Å². The van der Waals surface area contributed by atoms with Crippen molar-refractivity contribution >= 4 is 28.9 Å². The first-order valence-corrected chi connectivity index (χ1v) is 14.7. The molecule has 5 rings (SSSR count). The van der Waals surface area contributed by atoms with Crippen molar-refractivity contribution in [3.63, 3.8) is 0 Å². The molecule has 0 radical (unpaired) electrons. The summed E-state index contributed by atoms with van der Waals surface area (Å²) in [6.07, 6.45) is 8.17. The topological polar surface area (TPSA) is 112 Å². The van der Waals surface area contributed by atoms with Gasteiger partial charge in [0.1, 0.15) is 6.04 Å². The third kappa shape index (κ3) is 6.61. The molecular formula is C32H42N6O4. The smallest absolute Gasteiger partial charge is 0.424 e. The number of hydrogen-bond acceptors (Lipinski definition) is 8. The minimum absolute atomic E-state index is 0.194. The van der Waals surface area contributed by atoms with Gasteiger partial charge in [-0.3, -0.25) is 9.69 Å². The molecule has 4 N–H and O–H groups in total. The lowest BCUT2D eigenvalue weighted by molar-refractivity contribution is -0.122. The monoisotopic (exact) mass is 574 g/mol. The third-order valence-corrected chi connectivity index (χ3v) is 8.24. The molecule has 2 saturated heterocycles. The summed E-state index contributed by atoms with van der Waals surface area (Å²) in [5.41, 5.74) is 5.40. The van der Waals surface area contributed by atoms with Crippen LogP contribution in [-0.2, 0) is 14.3 Å². The van der Waals surface area contributed by atoms with E-state index in [9.17, 15) is 9.59 Å². The quantitative estimate of drug-likeness (QED) is 0.246. The molecule has 1 unspecified atom stereocenters. The Hall–Kier alpha value is -3.86. The maximum atomic E-state index is 13.0. The number of benzene rings is 2. The molecule has 2 amide bonds. The van der Waals surface area contributed by atoms with E-state index in [2.05, 4.69) is 79.9 Å². The highest BCUT2D eigenvalue weighted by Crippen LogP contribution is 2.37. The number of hydrogen-bond donors (Lipinski definition) is 3. The number of nitrogens with zero attached hydrogens (tertiary/aromatic N) is 3. The zero-order valence-electron chi connectivity index (χ0n) is 24.7. The van der Waals surface area contributed by atoms with Gasteiger partial charge in [-0.15, -0.1) is 0 Å². The lowest BCUT2D eigenvalue weighted by Crippen LogP contribution is -2.53. The van der Waals surface area contributed by atoms with Crippen molar-refractivity contribution < 1.29 is 19.1 Å². The van der Waals surface area contributed by atoms with E-state index in [1.165, 1.54) is 29.5 Å². The Morgan fingerprint density at radius 2 is 1.79 bits per heavy atom. The molecule has 0 spiro atoms. The Bertz CT molecular complexity index is 1290. The van der Waals surface area contributed by atoms with E-state index in [1.807, 2.05) is 26.0 Å². The number of allylic oxidation sites excluding steroid dienone is 2. The van der Waals surface area contributed by atoms with E-state index in [0.717, 1.165) is 50.7 Å². The summed E-state index contributed by atoms with van der Waals surface area (Å²) in [5.74, 6) is 5.32. The Labute approximate surface area is 248 Å². The number of nitrogens with one attached hydrogen (secondary N) is 2. The highest BCUT2D eigenvalue weighted by atomic mass is 16.5. The number of nitrogens with two attached hydrogens (primary N) is 1. The second-order valence-electron chi connectivity index (χ2n) is 11.3. The number of rotatable bonds is 8. The minimum Gasteiger partial charge on any atom is -0.452 e. The first-order valence-electron chi connectivity index (χ1n) is 14.7. The van der Waals surface area contributed by atoms with Crippen LogP contribution in [0.4, 0.5) is 16.2 Å². The van der Waals surface area contributed by atoms with Gasteiger partial charge in [0.15, 0.2) is 0 Å². The van der Waals surface area contributed by atoms with Crippen LogP contribution in [0.2, 0.25) is 0 Å². The Morgan fingerprint density at radius 3 is 2.40 bits per heavy atom. The van der Waals surface area contributed by atoms with E-state index in [0.29, 0.717) is 5.69 Å². The average Bonchev–Trinajstić information content (AvgIpc) is 3.51. The van der Waals surface area contributed by atoms with Crippen molar-refractivity contribution in [2.75, 3.05) is 50.2 Å². The Balaban J connectivity index is 1.21. The number of hydrazine groups is 1. The summed E-state index contributed by atoms with van der Waals surface area (Å²) in [5, 5.41) is 7.27. The fourth-order valence-electron chi connectivity index (χ4n) is 5.98. The molecule has 3 aliphatic heterocycles. The van der Waals surface area contributed by atoms with Crippen molar-refractivity contribution in [3.05, 3.63) is 78.0 Å². The van der Waals surface area contributed by atoms with Gasteiger partial charge in [-0.25, -0.2) is 15.6 Å². The van der Waals surface area contributed by atoms with Crippen LogP contribution in [0.1, 0.15) is 43.9 Å². The number of carbonyl (C=O) groups is 2. The molecule has 10 heteroatoms. The summed E-state index contributed by atoms with van der Waals surface area (Å²) < 4.78 is 10.2. The SMILES string of the molecule is COC(=O)N(N)[C@H](C(=O)Nc1ccc([C@@H]2CCCN2c2ccc(C3=CNC(N4CCOCC4)C=C3)cc2)cc1)C(C)C. The number of methoxy groups -OCH3 is 1. The van der Waals surface area contributed by atoms with Gasteiger partial charge < -0.3 is 25.0 Å². The summed E-state index contributed by atoms with van der Waals surface area (Å²) in [6, 6.07) is 16.1. The zero-order chi connectivity index (χ0) is 29.6. The molecule has 2 fully saturated rings. The van der Waals surface area contributed by atoms with Crippen molar-refractivity contribution in [2.24, 2.45) is 11.8 Å². The molecule has 3 aliphatic rings. The number of carbonyl (C=O) groups excluding carboxylic acids is 2. The van der Waals surface area contributed by atoms with E-state index < -0.39 is 12.1 Å². The summed E-state index contributed by atoms with van der Waals surface area (Å²) >= 11 is 0. The van der Waals surface area contributed by atoms with Crippen molar-refractivity contribution in [1.29, 1.82) is 0 Å². The van der Waals surface area contributed by atoms with Gasteiger partial charge in [0.2, 0.25) is 5.91 Å². The first kappa shape index (κ1) is 29.6. The highest BCUT2D eigenvalue weighted by Gasteiger charge is 2.32. The van der Waals surface area contributed by atoms with Gasteiger partial charge in [-0.05, 0) is 65.8 Å². The van der Waals surface area contributed by atoms with Gasteiger partial charge in [-0.2, -0.15) is 0 Å². The van der Waals surface area contributed by atoms with Crippen LogP contribution >= 0.6 is 0 Å². The van der Waals surface area contributed by atoms with Gasteiger partial charge in [0.25, 0.3) is 0 Å². The summed E-state index contributed by atoms with van der Waals surface area (Å²) in [4.78, 5) is 29.7. The van der Waals surface area contributed by atoms with Crippen molar-refractivity contribution in [1.82, 2.24) is 15.2 Å². The molecule has 224 valence electrons. The fraction of sp³-hybridized carbons (Fsp3) is 0.438. The average molecular weight is 575 g/mol. The molecule has 0 aliphatic carbocycles. The maximum absolute atomic E-state index is 13.0. The van der Waals surface area contributed by atoms with E-state index in [1.54, 1.807) is 0 Å². The van der Waals surface area contributed by atoms with Crippen LogP contribution in [0.15, 0.2) is 66.9 Å². The lowest BCUT2D eigenvalue weighted by Gasteiger charge is -2.34. The molecule has 3 atom stereocenters. The minimum atomic E-state index is -0.854. The predicted octanol–water partition coefficient (Wildman–Crippen LogP) is 4.09. The van der Waals surface area contributed by atoms with Gasteiger partial charge in [0, 0.05) is 37.2 Å². The number of anilines is 2. The molecular weight excluding hydrogens is 532 g/mol. The van der Waals surface area contributed by atoms with Gasteiger partial charge in [0.05, 0.1) is 32.5 Å². The van der Waals surface area contributed by atoms with Gasteiger partial charge in [-0.1, -0.05) is 44.2 Å². The van der Waals surface area contributed by atoms with Crippen LogP contribution in [0, 0.1) is 5.92 Å². The Morgan fingerprint density at radius 1 is 1.07 bits per heavy atom. The summed E-state index contributed by atoms with van der Waals surface area (Å²) in [7, 11) is 1.24. The van der Waals surface area contributed by atoms with Crippen molar-refractivity contribution in [3.8, 4) is 0 Å². The summed E-state index contributed by atoms with van der Waals surface area (Å²) in [6.45, 7) is 8.11. The van der Waals surface area contributed by atoms with Crippen LogP contribution in [0.5, 0.6) is 0 Å². The molecule has 0 saturated carbocycles. The van der Waals surface area contributed by atoms with Crippen LogP contribution in [0.25, 0.3) is 5.57 Å². The predicted molar refractivity (Wildman–Crippen MR) is 164 cm³/mol. The first-order chi connectivity index (χ1) is 20.4. The second-order valence-corrected chi connectivity index (χ2v) is 11.3. The molecule has 3 heterocycles.